The van der Waals surface area contributed by atoms with Crippen molar-refractivity contribution in [3.05, 3.63) is 99.6 Å². The van der Waals surface area contributed by atoms with Crippen molar-refractivity contribution in [3.63, 3.8) is 0 Å². The summed E-state index contributed by atoms with van der Waals surface area (Å²) in [5.74, 6) is -0.0750. The average Bonchev–Trinajstić information content (AvgIpc) is 2.83. The highest BCUT2D eigenvalue weighted by molar-refractivity contribution is 5.96. The average molecular weight is 445 g/mol. The van der Waals surface area contributed by atoms with Crippen LogP contribution in [0.15, 0.2) is 72.8 Å². The third kappa shape index (κ3) is 5.04. The third-order valence-electron chi connectivity index (χ3n) is 6.11. The number of amides is 1. The Bertz CT molecular complexity index is 1140. The first-order valence-electron chi connectivity index (χ1n) is 11.1. The number of piperazine rings is 1. The fourth-order valence-corrected chi connectivity index (χ4v) is 4.34. The highest BCUT2D eigenvalue weighted by Crippen LogP contribution is 2.31. The van der Waals surface area contributed by atoms with Crippen molar-refractivity contribution >= 4 is 23.0 Å². The van der Waals surface area contributed by atoms with Crippen LogP contribution in [0.5, 0.6) is 0 Å². The highest BCUT2D eigenvalue weighted by Gasteiger charge is 2.32. The smallest absolute Gasteiger partial charge is 0.292 e. The number of hydrogen-bond acceptors (Lipinski definition) is 5. The Balaban J connectivity index is 1.55. The molecule has 1 fully saturated rings. The molecule has 1 unspecified atom stereocenters. The van der Waals surface area contributed by atoms with Crippen LogP contribution in [0.25, 0.3) is 0 Å². The Morgan fingerprint density at radius 2 is 1.61 bits per heavy atom. The van der Waals surface area contributed by atoms with Gasteiger partial charge in [-0.15, -0.1) is 0 Å². The molecule has 0 spiro atoms. The molecular weight excluding hydrogens is 416 g/mol. The van der Waals surface area contributed by atoms with E-state index in [2.05, 4.69) is 10.2 Å². The van der Waals surface area contributed by atoms with Gasteiger partial charge in [0.1, 0.15) is 11.7 Å². The third-order valence-corrected chi connectivity index (χ3v) is 6.11. The number of hydrogen-bond donors (Lipinski definition) is 1. The Hall–Kier alpha value is -3.71. The molecule has 0 aromatic heterocycles. The predicted octanol–water partition coefficient (Wildman–Crippen LogP) is 4.71. The second-order valence-electron chi connectivity index (χ2n) is 8.39. The van der Waals surface area contributed by atoms with Crippen LogP contribution >= 0.6 is 0 Å². The fourth-order valence-electron chi connectivity index (χ4n) is 4.34. The van der Waals surface area contributed by atoms with Gasteiger partial charge in [0.2, 0.25) is 5.91 Å². The molecule has 0 bridgehead atoms. The van der Waals surface area contributed by atoms with Crippen LogP contribution in [0.3, 0.4) is 0 Å². The second-order valence-corrected chi connectivity index (χ2v) is 8.39. The molecule has 1 amide bonds. The minimum absolute atomic E-state index is 0.0750. The van der Waals surface area contributed by atoms with E-state index in [-0.39, 0.29) is 16.5 Å². The summed E-state index contributed by atoms with van der Waals surface area (Å²) in [6.45, 7) is 6.43. The van der Waals surface area contributed by atoms with E-state index in [0.29, 0.717) is 31.9 Å². The molecule has 0 saturated carbocycles. The van der Waals surface area contributed by atoms with Crippen LogP contribution in [0.4, 0.5) is 17.1 Å². The van der Waals surface area contributed by atoms with Gasteiger partial charge in [-0.2, -0.15) is 0 Å². The molecule has 1 atom stereocenters. The summed E-state index contributed by atoms with van der Waals surface area (Å²) in [6.07, 6.45) is 0. The largest absolute Gasteiger partial charge is 0.363 e. The monoisotopic (exact) mass is 444 g/mol. The van der Waals surface area contributed by atoms with Crippen LogP contribution < -0.4 is 10.2 Å². The molecule has 0 radical (unpaired) electrons. The van der Waals surface area contributed by atoms with Crippen LogP contribution in [-0.4, -0.2) is 41.9 Å². The molecule has 1 N–H and O–H groups in total. The number of carbonyl (C=O) groups is 1. The van der Waals surface area contributed by atoms with Crippen LogP contribution in [0.2, 0.25) is 0 Å². The maximum atomic E-state index is 13.5. The molecule has 3 aromatic carbocycles. The zero-order valence-electron chi connectivity index (χ0n) is 18.9. The summed E-state index contributed by atoms with van der Waals surface area (Å²) >= 11 is 0. The van der Waals surface area contributed by atoms with E-state index in [9.17, 15) is 14.9 Å². The van der Waals surface area contributed by atoms with Gasteiger partial charge in [0.25, 0.3) is 5.69 Å². The van der Waals surface area contributed by atoms with Crippen molar-refractivity contribution in [2.45, 2.75) is 19.9 Å². The van der Waals surface area contributed by atoms with Gasteiger partial charge >= 0.3 is 0 Å². The van der Waals surface area contributed by atoms with Crippen LogP contribution in [0, 0.1) is 24.0 Å². The number of carbonyl (C=O) groups excluding carboxylic acids is 1. The number of rotatable bonds is 6. The molecule has 0 aliphatic carbocycles. The van der Waals surface area contributed by atoms with Gasteiger partial charge in [-0.25, -0.2) is 0 Å². The topological polar surface area (TPSA) is 78.7 Å². The molecule has 1 aliphatic rings. The number of anilines is 2. The first kappa shape index (κ1) is 22.5. The van der Waals surface area contributed by atoms with Crippen molar-refractivity contribution in [2.24, 2.45) is 0 Å². The minimum Gasteiger partial charge on any atom is -0.363 e. The summed E-state index contributed by atoms with van der Waals surface area (Å²) in [4.78, 5) is 28.8. The lowest BCUT2D eigenvalue weighted by molar-refractivity contribution is -0.384. The summed E-state index contributed by atoms with van der Waals surface area (Å²) in [5, 5.41) is 14.6. The van der Waals surface area contributed by atoms with E-state index < -0.39 is 6.04 Å². The lowest BCUT2D eigenvalue weighted by atomic mass is 10.0. The molecule has 1 saturated heterocycles. The summed E-state index contributed by atoms with van der Waals surface area (Å²) in [6, 6.07) is 22.2. The Kier molecular flexibility index (Phi) is 6.70. The first-order chi connectivity index (χ1) is 15.9. The van der Waals surface area contributed by atoms with Crippen molar-refractivity contribution in [3.8, 4) is 0 Å². The molecule has 3 aromatic rings. The molecule has 7 nitrogen and oxygen atoms in total. The lowest BCUT2D eigenvalue weighted by Gasteiger charge is -2.39. The molecule has 170 valence electrons. The number of nitro groups is 1. The maximum absolute atomic E-state index is 13.5. The summed E-state index contributed by atoms with van der Waals surface area (Å²) in [7, 11) is 0. The van der Waals surface area contributed by atoms with E-state index in [0.717, 1.165) is 22.4 Å². The maximum Gasteiger partial charge on any atom is 0.292 e. The molecule has 4 rings (SSSR count). The number of nitro benzene ring substituents is 1. The summed E-state index contributed by atoms with van der Waals surface area (Å²) < 4.78 is 0. The molecule has 7 heteroatoms. The number of nitrogens with zero attached hydrogens (tertiary/aromatic N) is 3. The van der Waals surface area contributed by atoms with Gasteiger partial charge in [0.15, 0.2) is 0 Å². The Morgan fingerprint density at radius 3 is 2.30 bits per heavy atom. The molecule has 1 heterocycles. The standard InChI is InChI=1S/C26H28N4O3/c1-19-12-13-20(2)22(18-19)27-26(31)25(21-8-4-3-5-9-21)29-16-14-28(15-17-29)23-10-6-7-11-24(23)30(32)33/h3-13,18,25H,14-17H2,1-2H3,(H,27,31). The van der Waals surface area contributed by atoms with Gasteiger partial charge < -0.3 is 10.2 Å². The van der Waals surface area contributed by atoms with Gasteiger partial charge in [-0.1, -0.05) is 54.6 Å². The predicted molar refractivity (Wildman–Crippen MR) is 131 cm³/mol. The quantitative estimate of drug-likeness (QED) is 0.440. The molecule has 1 aliphatic heterocycles. The normalized spacial score (nSPS) is 15.2. The zero-order chi connectivity index (χ0) is 23.4. The van der Waals surface area contributed by atoms with Crippen molar-refractivity contribution < 1.29 is 9.72 Å². The lowest BCUT2D eigenvalue weighted by Crippen LogP contribution is -2.50. The number of para-hydroxylation sites is 2. The second kappa shape index (κ2) is 9.83. The van der Waals surface area contributed by atoms with Crippen molar-refractivity contribution in [2.75, 3.05) is 36.4 Å². The van der Waals surface area contributed by atoms with Gasteiger partial charge in [-0.3, -0.25) is 19.8 Å². The summed E-state index contributed by atoms with van der Waals surface area (Å²) in [5.41, 5.74) is 4.59. The van der Waals surface area contributed by atoms with E-state index >= 15 is 0 Å². The minimum atomic E-state index is -0.445. The van der Waals surface area contributed by atoms with Crippen molar-refractivity contribution in [1.82, 2.24) is 4.90 Å². The zero-order valence-corrected chi connectivity index (χ0v) is 18.9. The van der Waals surface area contributed by atoms with Gasteiger partial charge in [-0.05, 0) is 42.7 Å². The number of benzene rings is 3. The molecule has 33 heavy (non-hydrogen) atoms. The van der Waals surface area contributed by atoms with Gasteiger partial charge in [0, 0.05) is 37.9 Å². The highest BCUT2D eigenvalue weighted by atomic mass is 16.6. The number of aryl methyl sites for hydroxylation is 2. The van der Waals surface area contributed by atoms with E-state index in [1.165, 1.54) is 6.07 Å². The first-order valence-corrected chi connectivity index (χ1v) is 11.1. The fraction of sp³-hybridized carbons (Fsp3) is 0.269. The van der Waals surface area contributed by atoms with Crippen molar-refractivity contribution in [1.29, 1.82) is 0 Å². The van der Waals surface area contributed by atoms with E-state index in [1.54, 1.807) is 12.1 Å². The van der Waals surface area contributed by atoms with E-state index in [4.69, 9.17) is 0 Å². The molecular formula is C26H28N4O3. The van der Waals surface area contributed by atoms with E-state index in [1.807, 2.05) is 73.3 Å². The SMILES string of the molecule is Cc1ccc(C)c(NC(=O)C(c2ccccc2)N2CCN(c3ccccc3[N+](=O)[O-])CC2)c1. The Labute approximate surface area is 193 Å². The van der Waals surface area contributed by atoms with Crippen LogP contribution in [-0.2, 0) is 4.79 Å². The number of nitrogens with one attached hydrogen (secondary N) is 1. The Morgan fingerprint density at radius 1 is 0.939 bits per heavy atom. The van der Waals surface area contributed by atoms with Crippen LogP contribution in [0.1, 0.15) is 22.7 Å². The van der Waals surface area contributed by atoms with Gasteiger partial charge in [0.05, 0.1) is 4.92 Å².